The van der Waals surface area contributed by atoms with Gasteiger partial charge >= 0.3 is 5.97 Å². The van der Waals surface area contributed by atoms with E-state index in [-0.39, 0.29) is 36.4 Å². The van der Waals surface area contributed by atoms with Gasteiger partial charge in [-0.05, 0) is 109 Å². The normalized spacial score (nSPS) is 26.3. The minimum atomic E-state index is -3.98. The highest BCUT2D eigenvalue weighted by atomic mass is 32.2. The number of hydrogen-bond donors (Lipinski definition) is 1. The van der Waals surface area contributed by atoms with Crippen LogP contribution < -0.4 is 10.1 Å². The lowest BCUT2D eigenvalue weighted by atomic mass is 9.78. The predicted octanol–water partition coefficient (Wildman–Crippen LogP) is 5.59. The van der Waals surface area contributed by atoms with Crippen molar-refractivity contribution in [2.45, 2.75) is 127 Å². The van der Waals surface area contributed by atoms with Crippen molar-refractivity contribution in [1.82, 2.24) is 9.62 Å². The number of alkyl halides is 2. The Kier molecular flexibility index (Phi) is 9.28. The Morgan fingerprint density at radius 1 is 1.13 bits per heavy atom. The fourth-order valence-corrected chi connectivity index (χ4v) is 7.53. The molecule has 3 aliphatic rings. The maximum absolute atomic E-state index is 13.8. The van der Waals surface area contributed by atoms with Gasteiger partial charge in [-0.3, -0.25) is 4.79 Å². The van der Waals surface area contributed by atoms with Crippen LogP contribution in [0.5, 0.6) is 5.75 Å². The Hall–Kier alpha value is -1.78. The van der Waals surface area contributed by atoms with Crippen LogP contribution in [0.2, 0.25) is 0 Å². The molecule has 0 amide bonds. The lowest BCUT2D eigenvalue weighted by molar-refractivity contribution is -0.158. The summed E-state index contributed by atoms with van der Waals surface area (Å²) >= 11 is 0. The van der Waals surface area contributed by atoms with Crippen LogP contribution in [-0.2, 0) is 19.6 Å². The first-order valence-corrected chi connectivity index (χ1v) is 15.8. The number of carbonyl (C=O) groups excluding carboxylic acids is 1. The highest BCUT2D eigenvalue weighted by Crippen LogP contribution is 2.39. The SMILES string of the molecule is Cc1ccc(S(=O)(=O)N2CCC[C@H]2C(=O)OC(C)(C)C)c(O[C@@H]2CC[C@@H]2CCCNC2CCC(F)(F)CC2)c1. The van der Waals surface area contributed by atoms with Crippen LogP contribution >= 0.6 is 0 Å². The highest BCUT2D eigenvalue weighted by molar-refractivity contribution is 7.89. The Bertz CT molecular complexity index is 1110. The third kappa shape index (κ3) is 7.70. The summed E-state index contributed by atoms with van der Waals surface area (Å²) in [7, 11) is -3.98. The van der Waals surface area contributed by atoms with Crippen molar-refractivity contribution >= 4 is 16.0 Å². The Labute approximate surface area is 232 Å². The van der Waals surface area contributed by atoms with Crippen LogP contribution in [0.1, 0.15) is 90.5 Å². The molecular weight excluding hydrogens is 526 g/mol. The number of esters is 1. The molecule has 0 spiro atoms. The Morgan fingerprint density at radius 2 is 1.85 bits per heavy atom. The zero-order valence-corrected chi connectivity index (χ0v) is 24.5. The molecule has 2 aliphatic carbocycles. The quantitative estimate of drug-likeness (QED) is 0.291. The van der Waals surface area contributed by atoms with Crippen molar-refractivity contribution in [3.8, 4) is 5.75 Å². The molecule has 10 heteroatoms. The molecule has 2 saturated carbocycles. The van der Waals surface area contributed by atoms with Crippen molar-refractivity contribution in [2.75, 3.05) is 13.1 Å². The Morgan fingerprint density at radius 3 is 2.49 bits per heavy atom. The van der Waals surface area contributed by atoms with Gasteiger partial charge in [-0.2, -0.15) is 4.31 Å². The predicted molar refractivity (Wildman–Crippen MR) is 146 cm³/mol. The zero-order chi connectivity index (χ0) is 28.4. The van der Waals surface area contributed by atoms with E-state index in [1.54, 1.807) is 39.0 Å². The number of nitrogens with zero attached hydrogens (tertiary/aromatic N) is 1. The summed E-state index contributed by atoms with van der Waals surface area (Å²) < 4.78 is 67.5. The topological polar surface area (TPSA) is 84.9 Å². The number of benzene rings is 1. The van der Waals surface area contributed by atoms with Gasteiger partial charge in [0.25, 0.3) is 0 Å². The highest BCUT2D eigenvalue weighted by Gasteiger charge is 2.43. The maximum atomic E-state index is 13.8. The molecule has 1 aromatic carbocycles. The standard InChI is InChI=1S/C29H44F2N2O5S/c1-20-9-12-26(39(35,36)33-18-6-8-23(33)27(34)38-28(2,3)4)25(19-20)37-24-11-10-21(24)7-5-17-32-22-13-15-29(30,31)16-14-22/h9,12,19,21-24,32H,5-8,10-11,13-18H2,1-4H3/t21-,23-,24+/m0/s1. The van der Waals surface area contributed by atoms with Gasteiger partial charge in [-0.25, -0.2) is 17.2 Å². The average Bonchev–Trinajstić information content (AvgIpc) is 3.33. The van der Waals surface area contributed by atoms with Crippen molar-refractivity contribution in [1.29, 1.82) is 0 Å². The molecule has 1 heterocycles. The van der Waals surface area contributed by atoms with Crippen molar-refractivity contribution in [3.63, 3.8) is 0 Å². The van der Waals surface area contributed by atoms with Crippen LogP contribution in [0.4, 0.5) is 8.78 Å². The lowest BCUT2D eigenvalue weighted by Gasteiger charge is -2.37. The van der Waals surface area contributed by atoms with E-state index in [4.69, 9.17) is 9.47 Å². The lowest BCUT2D eigenvalue weighted by Crippen LogP contribution is -2.44. The molecule has 39 heavy (non-hydrogen) atoms. The van der Waals surface area contributed by atoms with Crippen LogP contribution in [0.3, 0.4) is 0 Å². The third-order valence-electron chi connectivity index (χ3n) is 8.10. The van der Waals surface area contributed by atoms with E-state index in [1.165, 1.54) is 4.31 Å². The second-order valence-corrected chi connectivity index (χ2v) is 14.3. The number of rotatable bonds is 10. The van der Waals surface area contributed by atoms with Gasteiger partial charge in [0.05, 0.1) is 0 Å². The second kappa shape index (κ2) is 12.0. The monoisotopic (exact) mass is 570 g/mol. The number of ether oxygens (including phenoxy) is 2. The van der Waals surface area contributed by atoms with Crippen molar-refractivity contribution in [2.24, 2.45) is 5.92 Å². The molecule has 0 radical (unpaired) electrons. The summed E-state index contributed by atoms with van der Waals surface area (Å²) in [5.74, 6) is -2.38. The molecule has 1 aliphatic heterocycles. The minimum absolute atomic E-state index is 0.0408. The second-order valence-electron chi connectivity index (χ2n) is 12.5. The molecule has 1 saturated heterocycles. The largest absolute Gasteiger partial charge is 0.489 e. The van der Waals surface area contributed by atoms with Gasteiger partial charge in [0.2, 0.25) is 15.9 Å². The number of aryl methyl sites for hydroxylation is 1. The fourth-order valence-electron chi connectivity index (χ4n) is 5.78. The molecular formula is C29H44F2N2O5S. The van der Waals surface area contributed by atoms with Gasteiger partial charge in [0.15, 0.2) is 0 Å². The first-order chi connectivity index (χ1) is 18.2. The number of halogens is 2. The summed E-state index contributed by atoms with van der Waals surface area (Å²) in [5.41, 5.74) is 0.194. The molecule has 4 rings (SSSR count). The molecule has 0 bridgehead atoms. The molecule has 0 unspecified atom stereocenters. The first kappa shape index (κ1) is 30.2. The average molecular weight is 571 g/mol. The summed E-state index contributed by atoms with van der Waals surface area (Å²) in [6.45, 7) is 8.25. The summed E-state index contributed by atoms with van der Waals surface area (Å²) in [6, 6.07) is 4.41. The maximum Gasteiger partial charge on any atom is 0.324 e. The van der Waals surface area contributed by atoms with Crippen LogP contribution in [-0.4, -0.2) is 61.5 Å². The summed E-state index contributed by atoms with van der Waals surface area (Å²) in [4.78, 5) is 12.9. The van der Waals surface area contributed by atoms with Gasteiger partial charge < -0.3 is 14.8 Å². The van der Waals surface area contributed by atoms with E-state index in [2.05, 4.69) is 5.32 Å². The van der Waals surface area contributed by atoms with Crippen molar-refractivity contribution in [3.05, 3.63) is 23.8 Å². The van der Waals surface area contributed by atoms with Crippen LogP contribution in [0.25, 0.3) is 0 Å². The van der Waals surface area contributed by atoms with Crippen LogP contribution in [0, 0.1) is 12.8 Å². The molecule has 1 N–H and O–H groups in total. The zero-order valence-electron chi connectivity index (χ0n) is 23.7. The minimum Gasteiger partial charge on any atom is -0.489 e. The number of carbonyl (C=O) groups is 1. The molecule has 220 valence electrons. The van der Waals surface area contributed by atoms with E-state index >= 15 is 0 Å². The van der Waals surface area contributed by atoms with Crippen molar-refractivity contribution < 1.29 is 31.5 Å². The number of hydrogen-bond acceptors (Lipinski definition) is 6. The molecule has 1 aromatic rings. The third-order valence-corrected chi connectivity index (χ3v) is 10.0. The fraction of sp³-hybridized carbons (Fsp3) is 0.759. The van der Waals surface area contributed by atoms with Gasteiger partial charge in [-0.15, -0.1) is 0 Å². The molecule has 7 nitrogen and oxygen atoms in total. The molecule has 3 fully saturated rings. The van der Waals surface area contributed by atoms with Crippen LogP contribution in [0.15, 0.2) is 23.1 Å². The molecule has 3 atom stereocenters. The number of nitrogens with one attached hydrogen (secondary N) is 1. The molecule has 0 aromatic heterocycles. The number of sulfonamides is 1. The Balaban J connectivity index is 1.36. The summed E-state index contributed by atoms with van der Waals surface area (Å²) in [5, 5.41) is 3.43. The van der Waals surface area contributed by atoms with Gasteiger partial charge in [0, 0.05) is 25.4 Å². The first-order valence-electron chi connectivity index (χ1n) is 14.4. The summed E-state index contributed by atoms with van der Waals surface area (Å²) in [6.07, 6.45) is 5.61. The van der Waals surface area contributed by atoms with E-state index in [0.717, 1.165) is 37.8 Å². The smallest absolute Gasteiger partial charge is 0.324 e. The van der Waals surface area contributed by atoms with E-state index < -0.39 is 33.6 Å². The van der Waals surface area contributed by atoms with Gasteiger partial charge in [0.1, 0.15) is 28.4 Å². The van der Waals surface area contributed by atoms with E-state index in [0.29, 0.717) is 37.4 Å². The van der Waals surface area contributed by atoms with E-state index in [1.807, 2.05) is 6.92 Å². The van der Waals surface area contributed by atoms with Gasteiger partial charge in [-0.1, -0.05) is 6.07 Å². The van der Waals surface area contributed by atoms with E-state index in [9.17, 15) is 22.0 Å².